The van der Waals surface area contributed by atoms with Crippen LogP contribution in [0.3, 0.4) is 0 Å². The highest BCUT2D eigenvalue weighted by Gasteiger charge is 2.15. The molecule has 108 valence electrons. The molecule has 0 heterocycles. The monoisotopic (exact) mass is 337 g/mol. The smallest absolute Gasteiger partial charge is 0.224 e. The zero-order chi connectivity index (χ0) is 15.1. The fraction of sp³-hybridized carbons (Fsp3) is 0.467. The standard InChI is InChI=1S/C15H20BrN3O/c1-10(2)5-12(9-18)7-15(20)19-14-4-3-11(8-17)6-13(14)16/h3-4,6,10,12H,5,7,9,18H2,1-2H3,(H,19,20)/t12-/m0/s1. The molecule has 0 aliphatic rings. The average Bonchev–Trinajstić information content (AvgIpc) is 2.39. The van der Waals surface area contributed by atoms with Crippen molar-refractivity contribution < 1.29 is 4.79 Å². The number of hydrogen-bond donors (Lipinski definition) is 2. The second-order valence-corrected chi connectivity index (χ2v) is 6.14. The topological polar surface area (TPSA) is 78.9 Å². The number of nitriles is 1. The van der Waals surface area contributed by atoms with Crippen LogP contribution in [0.2, 0.25) is 0 Å². The van der Waals surface area contributed by atoms with Crippen molar-refractivity contribution in [3.8, 4) is 6.07 Å². The molecule has 0 aliphatic carbocycles. The van der Waals surface area contributed by atoms with Crippen LogP contribution in [0.4, 0.5) is 5.69 Å². The van der Waals surface area contributed by atoms with Crippen molar-refractivity contribution >= 4 is 27.5 Å². The first-order valence-corrected chi connectivity index (χ1v) is 7.45. The molecule has 0 aromatic heterocycles. The van der Waals surface area contributed by atoms with Gasteiger partial charge >= 0.3 is 0 Å². The van der Waals surface area contributed by atoms with E-state index < -0.39 is 0 Å². The van der Waals surface area contributed by atoms with Crippen LogP contribution in [0.5, 0.6) is 0 Å². The predicted molar refractivity (Wildman–Crippen MR) is 84.1 cm³/mol. The molecule has 0 unspecified atom stereocenters. The summed E-state index contributed by atoms with van der Waals surface area (Å²) in [5, 5.41) is 11.6. The lowest BCUT2D eigenvalue weighted by Gasteiger charge is -2.17. The third-order valence-corrected chi connectivity index (χ3v) is 3.64. The molecule has 20 heavy (non-hydrogen) atoms. The molecule has 1 aromatic rings. The quantitative estimate of drug-likeness (QED) is 0.835. The highest BCUT2D eigenvalue weighted by molar-refractivity contribution is 9.10. The zero-order valence-electron chi connectivity index (χ0n) is 11.8. The van der Waals surface area contributed by atoms with E-state index in [-0.39, 0.29) is 11.8 Å². The van der Waals surface area contributed by atoms with Crippen LogP contribution in [0.1, 0.15) is 32.3 Å². The highest BCUT2D eigenvalue weighted by Crippen LogP contribution is 2.24. The number of halogens is 1. The summed E-state index contributed by atoms with van der Waals surface area (Å²) in [6, 6.07) is 7.13. The maximum atomic E-state index is 12.0. The summed E-state index contributed by atoms with van der Waals surface area (Å²) >= 11 is 3.35. The molecule has 0 fully saturated rings. The summed E-state index contributed by atoms with van der Waals surface area (Å²) in [5.74, 6) is 0.677. The Labute approximate surface area is 128 Å². The van der Waals surface area contributed by atoms with Gasteiger partial charge in [0, 0.05) is 10.9 Å². The number of carbonyl (C=O) groups is 1. The molecule has 1 rings (SSSR count). The summed E-state index contributed by atoms with van der Waals surface area (Å²) in [7, 11) is 0. The lowest BCUT2D eigenvalue weighted by Crippen LogP contribution is -2.23. The van der Waals surface area contributed by atoms with Crippen LogP contribution in [0, 0.1) is 23.2 Å². The zero-order valence-corrected chi connectivity index (χ0v) is 13.4. The number of anilines is 1. The van der Waals surface area contributed by atoms with Gasteiger partial charge in [-0.2, -0.15) is 5.26 Å². The van der Waals surface area contributed by atoms with Gasteiger partial charge < -0.3 is 11.1 Å². The van der Waals surface area contributed by atoms with Crippen molar-refractivity contribution in [2.24, 2.45) is 17.6 Å². The Hall–Kier alpha value is -1.38. The van der Waals surface area contributed by atoms with Gasteiger partial charge in [0.1, 0.15) is 0 Å². The molecule has 5 heteroatoms. The van der Waals surface area contributed by atoms with Gasteiger partial charge in [0.25, 0.3) is 0 Å². The number of nitrogens with two attached hydrogens (primary N) is 1. The average molecular weight is 338 g/mol. The SMILES string of the molecule is CC(C)C[C@H](CN)CC(=O)Nc1ccc(C#N)cc1Br. The molecule has 0 radical (unpaired) electrons. The molecule has 0 saturated heterocycles. The molecular weight excluding hydrogens is 318 g/mol. The maximum absolute atomic E-state index is 12.0. The highest BCUT2D eigenvalue weighted by atomic mass is 79.9. The number of hydrogen-bond acceptors (Lipinski definition) is 3. The Morgan fingerprint density at radius 3 is 2.70 bits per heavy atom. The van der Waals surface area contributed by atoms with E-state index in [2.05, 4.69) is 41.2 Å². The van der Waals surface area contributed by atoms with E-state index in [4.69, 9.17) is 11.0 Å². The number of carbonyl (C=O) groups excluding carboxylic acids is 1. The van der Waals surface area contributed by atoms with Crippen molar-refractivity contribution in [2.75, 3.05) is 11.9 Å². The molecule has 0 aliphatic heterocycles. The third-order valence-electron chi connectivity index (χ3n) is 2.98. The van der Waals surface area contributed by atoms with E-state index in [0.29, 0.717) is 34.6 Å². The number of amides is 1. The number of nitrogens with zero attached hydrogens (tertiary/aromatic N) is 1. The van der Waals surface area contributed by atoms with Crippen LogP contribution in [0.15, 0.2) is 22.7 Å². The first-order valence-electron chi connectivity index (χ1n) is 6.65. The lowest BCUT2D eigenvalue weighted by atomic mass is 9.94. The van der Waals surface area contributed by atoms with Gasteiger partial charge in [0.05, 0.1) is 17.3 Å². The lowest BCUT2D eigenvalue weighted by molar-refractivity contribution is -0.117. The molecular formula is C15H20BrN3O. The number of nitrogens with one attached hydrogen (secondary N) is 1. The molecule has 4 nitrogen and oxygen atoms in total. The first kappa shape index (κ1) is 16.7. The fourth-order valence-corrected chi connectivity index (χ4v) is 2.56. The van der Waals surface area contributed by atoms with Gasteiger partial charge in [-0.15, -0.1) is 0 Å². The van der Waals surface area contributed by atoms with Crippen molar-refractivity contribution in [1.29, 1.82) is 5.26 Å². The Kier molecular flexibility index (Phi) is 6.69. The van der Waals surface area contributed by atoms with E-state index in [1.807, 2.05) is 0 Å². The molecule has 1 atom stereocenters. The van der Waals surface area contributed by atoms with E-state index in [9.17, 15) is 4.79 Å². The van der Waals surface area contributed by atoms with Gasteiger partial charge in [0.2, 0.25) is 5.91 Å². The molecule has 1 amide bonds. The molecule has 3 N–H and O–H groups in total. The van der Waals surface area contributed by atoms with Crippen LogP contribution in [0.25, 0.3) is 0 Å². The fourth-order valence-electron chi connectivity index (χ4n) is 2.08. The number of benzene rings is 1. The first-order chi connectivity index (χ1) is 9.46. The van der Waals surface area contributed by atoms with E-state index in [1.165, 1.54) is 0 Å². The Morgan fingerprint density at radius 2 is 2.20 bits per heavy atom. The van der Waals surface area contributed by atoms with Crippen LogP contribution < -0.4 is 11.1 Å². The van der Waals surface area contributed by atoms with Crippen LogP contribution in [-0.4, -0.2) is 12.5 Å². The van der Waals surface area contributed by atoms with E-state index in [0.717, 1.165) is 6.42 Å². The molecule has 0 spiro atoms. The van der Waals surface area contributed by atoms with Gasteiger partial charge in [-0.3, -0.25) is 4.79 Å². The van der Waals surface area contributed by atoms with Crippen molar-refractivity contribution in [2.45, 2.75) is 26.7 Å². The van der Waals surface area contributed by atoms with Crippen molar-refractivity contribution in [3.63, 3.8) is 0 Å². The predicted octanol–water partition coefficient (Wildman–Crippen LogP) is 3.27. The van der Waals surface area contributed by atoms with Gasteiger partial charge in [-0.05, 0) is 58.9 Å². The number of rotatable bonds is 6. The largest absolute Gasteiger partial charge is 0.330 e. The normalized spacial score (nSPS) is 12.0. The minimum atomic E-state index is -0.0495. The summed E-state index contributed by atoms with van der Waals surface area (Å²) in [6.45, 7) is 4.76. The third kappa shape index (κ3) is 5.32. The Morgan fingerprint density at radius 1 is 1.50 bits per heavy atom. The van der Waals surface area contributed by atoms with Gasteiger partial charge in [-0.1, -0.05) is 13.8 Å². The maximum Gasteiger partial charge on any atom is 0.224 e. The molecule has 1 aromatic carbocycles. The minimum Gasteiger partial charge on any atom is -0.330 e. The second-order valence-electron chi connectivity index (χ2n) is 5.29. The molecule has 0 saturated carbocycles. The van der Waals surface area contributed by atoms with Gasteiger partial charge in [0.15, 0.2) is 0 Å². The summed E-state index contributed by atoms with van der Waals surface area (Å²) < 4.78 is 0.707. The molecule has 0 bridgehead atoms. The van der Waals surface area contributed by atoms with Crippen LogP contribution in [-0.2, 0) is 4.79 Å². The van der Waals surface area contributed by atoms with Crippen LogP contribution >= 0.6 is 15.9 Å². The van der Waals surface area contributed by atoms with E-state index in [1.54, 1.807) is 18.2 Å². The Bertz CT molecular complexity index is 508. The van der Waals surface area contributed by atoms with E-state index >= 15 is 0 Å². The summed E-state index contributed by atoms with van der Waals surface area (Å²) in [4.78, 5) is 12.0. The Balaban J connectivity index is 2.64. The minimum absolute atomic E-state index is 0.0495. The summed E-state index contributed by atoms with van der Waals surface area (Å²) in [6.07, 6.45) is 1.36. The summed E-state index contributed by atoms with van der Waals surface area (Å²) in [5.41, 5.74) is 6.93. The second kappa shape index (κ2) is 8.03. The van der Waals surface area contributed by atoms with Gasteiger partial charge in [-0.25, -0.2) is 0 Å². The van der Waals surface area contributed by atoms with Crippen molar-refractivity contribution in [1.82, 2.24) is 0 Å². The van der Waals surface area contributed by atoms with Crippen molar-refractivity contribution in [3.05, 3.63) is 28.2 Å².